The molecule has 0 fully saturated rings. The van der Waals surface area contributed by atoms with Crippen LogP contribution >= 0.6 is 0 Å². The molecule has 13 heteroatoms. The molecule has 0 aliphatic heterocycles. The van der Waals surface area contributed by atoms with Crippen LogP contribution in [0, 0.1) is 0 Å². The molecule has 0 bridgehead atoms. The van der Waals surface area contributed by atoms with Crippen LogP contribution in [0.4, 0.5) is 18.9 Å². The Bertz CT molecular complexity index is 1120. The van der Waals surface area contributed by atoms with Gasteiger partial charge in [-0.05, 0) is 29.8 Å². The summed E-state index contributed by atoms with van der Waals surface area (Å²) in [6.45, 7) is 0.568. The first-order valence-electron chi connectivity index (χ1n) is 10.3. The maximum atomic E-state index is 13.8. The van der Waals surface area contributed by atoms with Crippen LogP contribution in [0.5, 0.6) is 11.6 Å². The summed E-state index contributed by atoms with van der Waals surface area (Å²) in [5.74, 6) is -1.41. The Hall–Kier alpha value is -3.71. The number of esters is 1. The van der Waals surface area contributed by atoms with Crippen LogP contribution in [-0.4, -0.2) is 66.5 Å². The molecule has 188 valence electrons. The van der Waals surface area contributed by atoms with E-state index in [0.717, 1.165) is 6.07 Å². The van der Waals surface area contributed by atoms with Gasteiger partial charge in [0.1, 0.15) is 11.3 Å². The Kier molecular flexibility index (Phi) is 8.60. The van der Waals surface area contributed by atoms with Crippen molar-refractivity contribution in [2.45, 2.75) is 18.8 Å². The van der Waals surface area contributed by atoms with E-state index in [0.29, 0.717) is 5.69 Å². The lowest BCUT2D eigenvalue weighted by molar-refractivity contribution is -0.138. The number of carbonyl (C=O) groups is 1. The first-order valence-corrected chi connectivity index (χ1v) is 10.3. The molecule has 3 rings (SSSR count). The van der Waals surface area contributed by atoms with E-state index in [1.54, 1.807) is 0 Å². The number of halogens is 3. The largest absolute Gasteiger partial charge is 0.465 e. The maximum Gasteiger partial charge on any atom is 0.421 e. The van der Waals surface area contributed by atoms with E-state index in [1.807, 2.05) is 0 Å². The van der Waals surface area contributed by atoms with Crippen molar-refractivity contribution in [1.29, 1.82) is 0 Å². The van der Waals surface area contributed by atoms with E-state index in [-0.39, 0.29) is 42.7 Å². The molecule has 0 saturated heterocycles. The summed E-state index contributed by atoms with van der Waals surface area (Å²) in [7, 11) is 4.23. The molecule has 0 aliphatic rings. The van der Waals surface area contributed by atoms with Crippen LogP contribution in [0.1, 0.15) is 21.5 Å². The molecule has 0 amide bonds. The van der Waals surface area contributed by atoms with Gasteiger partial charge < -0.3 is 24.3 Å². The monoisotopic (exact) mass is 495 g/mol. The topological polar surface area (TPSA) is 110 Å². The smallest absolute Gasteiger partial charge is 0.421 e. The number of nitrogens with zero attached hydrogens (tertiary/aromatic N) is 4. The van der Waals surface area contributed by atoms with Gasteiger partial charge in [0.05, 0.1) is 50.9 Å². The van der Waals surface area contributed by atoms with Crippen molar-refractivity contribution in [2.24, 2.45) is 0 Å². The normalized spacial score (nSPS) is 11.5. The SMILES string of the molecule is COCC(COC)Nc1ccc(Oc2ncc(Cn3nccn3)cc2C(F)(F)F)cc1C(=O)OC. The van der Waals surface area contributed by atoms with Gasteiger partial charge >= 0.3 is 12.1 Å². The minimum atomic E-state index is -4.74. The zero-order valence-corrected chi connectivity index (χ0v) is 19.2. The quantitative estimate of drug-likeness (QED) is 0.400. The summed E-state index contributed by atoms with van der Waals surface area (Å²) >= 11 is 0. The number of carbonyl (C=O) groups excluding carboxylic acids is 1. The number of anilines is 1. The lowest BCUT2D eigenvalue weighted by atomic mass is 10.1. The van der Waals surface area contributed by atoms with E-state index in [1.165, 1.54) is 62.9 Å². The fraction of sp³-hybridized carbons (Fsp3) is 0.364. The third-order valence-electron chi connectivity index (χ3n) is 4.71. The first-order chi connectivity index (χ1) is 16.7. The molecule has 3 aromatic rings. The summed E-state index contributed by atoms with van der Waals surface area (Å²) in [5.41, 5.74) is -0.422. The highest BCUT2D eigenvalue weighted by atomic mass is 19.4. The molecular weight excluding hydrogens is 471 g/mol. The van der Waals surface area contributed by atoms with Gasteiger partial charge in [-0.25, -0.2) is 9.78 Å². The summed E-state index contributed by atoms with van der Waals surface area (Å²) in [5, 5.41) is 10.9. The summed E-state index contributed by atoms with van der Waals surface area (Å²) in [6, 6.07) is 4.80. The molecule has 1 aromatic carbocycles. The number of aromatic nitrogens is 4. The van der Waals surface area contributed by atoms with Crippen molar-refractivity contribution in [3.63, 3.8) is 0 Å². The maximum absolute atomic E-state index is 13.8. The van der Waals surface area contributed by atoms with Gasteiger partial charge in [0, 0.05) is 26.1 Å². The Morgan fingerprint density at radius 1 is 1.09 bits per heavy atom. The lowest BCUT2D eigenvalue weighted by Crippen LogP contribution is -2.30. The van der Waals surface area contributed by atoms with E-state index in [2.05, 4.69) is 20.5 Å². The number of nitrogens with one attached hydrogen (secondary N) is 1. The predicted octanol–water partition coefficient (Wildman–Crippen LogP) is 3.39. The number of hydrogen-bond donors (Lipinski definition) is 1. The second kappa shape index (κ2) is 11.6. The highest BCUT2D eigenvalue weighted by molar-refractivity contribution is 5.96. The predicted molar refractivity (Wildman–Crippen MR) is 117 cm³/mol. The molecule has 1 N–H and O–H groups in total. The molecule has 0 unspecified atom stereocenters. The lowest BCUT2D eigenvalue weighted by Gasteiger charge is -2.20. The minimum Gasteiger partial charge on any atom is -0.465 e. The number of ether oxygens (including phenoxy) is 4. The Labute approximate surface area is 199 Å². The van der Waals surface area contributed by atoms with Gasteiger partial charge in [-0.15, -0.1) is 0 Å². The number of hydrogen-bond acceptors (Lipinski definition) is 9. The first kappa shape index (κ1) is 25.9. The molecule has 0 spiro atoms. The number of alkyl halides is 3. The second-order valence-electron chi connectivity index (χ2n) is 7.31. The molecule has 0 atom stereocenters. The zero-order valence-electron chi connectivity index (χ0n) is 19.2. The average molecular weight is 495 g/mol. The van der Waals surface area contributed by atoms with Crippen LogP contribution < -0.4 is 10.1 Å². The standard InChI is InChI=1S/C22H24F3N5O5/c1-32-12-15(13-33-2)29-19-5-4-16(9-17(19)21(31)34-3)35-20-18(22(23,24)25)8-14(10-26-20)11-30-27-6-7-28-30/h4-10,15,29H,11-13H2,1-3H3. The van der Waals surface area contributed by atoms with Crippen molar-refractivity contribution in [2.75, 3.05) is 39.9 Å². The minimum absolute atomic E-state index is 0.000328. The number of methoxy groups -OCH3 is 3. The van der Waals surface area contributed by atoms with Crippen molar-refractivity contribution >= 4 is 11.7 Å². The molecular formula is C22H24F3N5O5. The summed E-state index contributed by atoms with van der Waals surface area (Å²) in [6.07, 6.45) is -0.666. The molecule has 0 saturated carbocycles. The fourth-order valence-corrected chi connectivity index (χ4v) is 3.21. The van der Waals surface area contributed by atoms with E-state index in [9.17, 15) is 18.0 Å². The highest BCUT2D eigenvalue weighted by Crippen LogP contribution is 2.38. The van der Waals surface area contributed by atoms with E-state index < -0.39 is 23.6 Å². The number of rotatable bonds is 11. The van der Waals surface area contributed by atoms with Crippen LogP contribution in [0.2, 0.25) is 0 Å². The molecule has 35 heavy (non-hydrogen) atoms. The average Bonchev–Trinajstić information content (AvgIpc) is 3.33. The van der Waals surface area contributed by atoms with Crippen molar-refractivity contribution in [1.82, 2.24) is 20.0 Å². The van der Waals surface area contributed by atoms with Gasteiger partial charge in [-0.3, -0.25) is 0 Å². The third-order valence-corrected chi connectivity index (χ3v) is 4.71. The van der Waals surface area contributed by atoms with Crippen molar-refractivity contribution < 1.29 is 36.9 Å². The zero-order chi connectivity index (χ0) is 25.4. The van der Waals surface area contributed by atoms with Crippen molar-refractivity contribution in [3.8, 4) is 11.6 Å². The molecule has 0 radical (unpaired) electrons. The van der Waals surface area contributed by atoms with E-state index in [4.69, 9.17) is 18.9 Å². The van der Waals surface area contributed by atoms with E-state index >= 15 is 0 Å². The summed E-state index contributed by atoms with van der Waals surface area (Å²) in [4.78, 5) is 17.5. The molecule has 2 aromatic heterocycles. The Morgan fingerprint density at radius 2 is 1.77 bits per heavy atom. The van der Waals surface area contributed by atoms with Gasteiger partial charge in [-0.2, -0.15) is 28.2 Å². The van der Waals surface area contributed by atoms with Gasteiger partial charge in [0.15, 0.2) is 0 Å². The molecule has 10 nitrogen and oxygen atoms in total. The molecule has 0 aliphatic carbocycles. The summed E-state index contributed by atoms with van der Waals surface area (Å²) < 4.78 is 61.8. The number of benzene rings is 1. The second-order valence-corrected chi connectivity index (χ2v) is 7.31. The Balaban J connectivity index is 1.91. The van der Waals surface area contributed by atoms with Gasteiger partial charge in [0.2, 0.25) is 5.88 Å². The van der Waals surface area contributed by atoms with Crippen LogP contribution in [0.3, 0.4) is 0 Å². The third kappa shape index (κ3) is 6.90. The fourth-order valence-electron chi connectivity index (χ4n) is 3.21. The number of pyridine rings is 1. The molecule has 2 heterocycles. The van der Waals surface area contributed by atoms with Gasteiger partial charge in [0.25, 0.3) is 0 Å². The van der Waals surface area contributed by atoms with Crippen LogP contribution in [-0.2, 0) is 26.9 Å². The van der Waals surface area contributed by atoms with Crippen molar-refractivity contribution in [3.05, 3.63) is 59.5 Å². The van der Waals surface area contributed by atoms with Crippen LogP contribution in [0.15, 0.2) is 42.9 Å². The Morgan fingerprint density at radius 3 is 2.37 bits per heavy atom. The highest BCUT2D eigenvalue weighted by Gasteiger charge is 2.36. The van der Waals surface area contributed by atoms with Crippen LogP contribution in [0.25, 0.3) is 0 Å². The van der Waals surface area contributed by atoms with Gasteiger partial charge in [-0.1, -0.05) is 0 Å².